The van der Waals surface area contributed by atoms with Crippen LogP contribution in [0, 0.1) is 5.92 Å². The number of carbonyl (C=O) groups is 2. The third kappa shape index (κ3) is 5.54. The zero-order chi connectivity index (χ0) is 25.8. The van der Waals surface area contributed by atoms with Gasteiger partial charge in [0, 0.05) is 50.5 Å². The molecule has 1 saturated carbocycles. The molecule has 0 saturated heterocycles. The van der Waals surface area contributed by atoms with Crippen LogP contribution in [-0.2, 0) is 16.1 Å². The fraction of sp³-hybridized carbons (Fsp3) is 0.355. The summed E-state index contributed by atoms with van der Waals surface area (Å²) >= 11 is 1.54. The number of hydrogen-bond acceptors (Lipinski definition) is 3. The van der Waals surface area contributed by atoms with Crippen LogP contribution in [0.2, 0.25) is 0 Å². The maximum atomic E-state index is 13.3. The van der Waals surface area contributed by atoms with Crippen molar-refractivity contribution in [2.24, 2.45) is 5.92 Å². The molecule has 2 amide bonds. The van der Waals surface area contributed by atoms with Crippen molar-refractivity contribution in [1.29, 1.82) is 0 Å². The molecule has 192 valence electrons. The lowest BCUT2D eigenvalue weighted by Crippen LogP contribution is -2.25. The average molecular weight is 514 g/mol. The Labute approximate surface area is 223 Å². The van der Waals surface area contributed by atoms with Crippen LogP contribution < -0.4 is 10.6 Å². The highest BCUT2D eigenvalue weighted by molar-refractivity contribution is 8.00. The second kappa shape index (κ2) is 11.4. The summed E-state index contributed by atoms with van der Waals surface area (Å²) < 4.78 is 2.31. The van der Waals surface area contributed by atoms with Gasteiger partial charge in [-0.1, -0.05) is 50.5 Å². The van der Waals surface area contributed by atoms with Crippen molar-refractivity contribution in [2.75, 3.05) is 10.6 Å². The van der Waals surface area contributed by atoms with E-state index in [0.29, 0.717) is 6.42 Å². The van der Waals surface area contributed by atoms with E-state index in [0.717, 1.165) is 53.9 Å². The Morgan fingerprint density at radius 2 is 1.62 bits per heavy atom. The third-order valence-corrected chi connectivity index (χ3v) is 8.73. The van der Waals surface area contributed by atoms with E-state index >= 15 is 0 Å². The summed E-state index contributed by atoms with van der Waals surface area (Å²) in [7, 11) is 0. The summed E-state index contributed by atoms with van der Waals surface area (Å²) in [6.07, 6.45) is 6.15. The van der Waals surface area contributed by atoms with Crippen molar-refractivity contribution in [2.45, 2.75) is 69.1 Å². The topological polar surface area (TPSA) is 63.1 Å². The lowest BCUT2D eigenvalue weighted by Gasteiger charge is -2.21. The quantitative estimate of drug-likeness (QED) is 0.236. The average Bonchev–Trinajstić information content (AvgIpc) is 3.25. The normalized spacial score (nSPS) is 15.1. The summed E-state index contributed by atoms with van der Waals surface area (Å²) in [6.45, 7) is 5.08. The van der Waals surface area contributed by atoms with Gasteiger partial charge in [0.25, 0.3) is 0 Å². The van der Waals surface area contributed by atoms with E-state index < -0.39 is 0 Å². The van der Waals surface area contributed by atoms with Crippen molar-refractivity contribution in [3.63, 3.8) is 0 Å². The van der Waals surface area contributed by atoms with Gasteiger partial charge in [-0.3, -0.25) is 9.59 Å². The van der Waals surface area contributed by atoms with E-state index in [1.54, 1.807) is 0 Å². The Balaban J connectivity index is 1.28. The minimum atomic E-state index is -0.239. The summed E-state index contributed by atoms with van der Waals surface area (Å²) in [5.41, 5.74) is 3.99. The number of hydrogen-bond donors (Lipinski definition) is 2. The van der Waals surface area contributed by atoms with Crippen LogP contribution in [0.4, 0.5) is 11.4 Å². The maximum Gasteiger partial charge on any atom is 0.237 e. The summed E-state index contributed by atoms with van der Waals surface area (Å²) in [5, 5.41) is 8.35. The van der Waals surface area contributed by atoms with E-state index in [1.807, 2.05) is 37.3 Å². The molecule has 1 fully saturated rings. The fourth-order valence-corrected chi connectivity index (χ4v) is 6.45. The van der Waals surface area contributed by atoms with Gasteiger partial charge < -0.3 is 15.2 Å². The van der Waals surface area contributed by atoms with Gasteiger partial charge in [-0.25, -0.2) is 0 Å². The maximum absolute atomic E-state index is 13.3. The molecule has 3 aromatic carbocycles. The van der Waals surface area contributed by atoms with Crippen molar-refractivity contribution < 1.29 is 9.59 Å². The molecule has 37 heavy (non-hydrogen) atoms. The van der Waals surface area contributed by atoms with Crippen molar-refractivity contribution in [3.05, 3.63) is 66.7 Å². The molecule has 0 bridgehead atoms. The van der Waals surface area contributed by atoms with E-state index in [9.17, 15) is 9.59 Å². The number of thioether (sulfide) groups is 1. The Morgan fingerprint density at radius 1 is 0.865 bits per heavy atom. The highest BCUT2D eigenvalue weighted by atomic mass is 32.2. The second-order valence-corrected chi connectivity index (χ2v) is 11.1. The summed E-state index contributed by atoms with van der Waals surface area (Å²) in [6, 6.07) is 22.4. The lowest BCUT2D eigenvalue weighted by atomic mass is 9.88. The number of carbonyl (C=O) groups excluding carboxylic acids is 2. The molecule has 1 aliphatic rings. The molecule has 1 aliphatic carbocycles. The first kappa shape index (κ1) is 25.4. The number of aryl methyl sites for hydroxylation is 1. The van der Waals surface area contributed by atoms with Gasteiger partial charge in [0.1, 0.15) is 0 Å². The number of aromatic nitrogens is 1. The second-order valence-electron chi connectivity index (χ2n) is 9.85. The number of nitrogens with one attached hydrogen (secondary N) is 2. The van der Waals surface area contributed by atoms with Gasteiger partial charge in [-0.15, -0.1) is 11.8 Å². The molecule has 1 heterocycles. The highest BCUT2D eigenvalue weighted by Crippen LogP contribution is 2.33. The Morgan fingerprint density at radius 3 is 2.41 bits per heavy atom. The van der Waals surface area contributed by atoms with Crippen LogP contribution in [0.25, 0.3) is 21.8 Å². The number of amides is 2. The van der Waals surface area contributed by atoms with Crippen molar-refractivity contribution in [1.82, 2.24) is 4.57 Å². The number of anilines is 2. The van der Waals surface area contributed by atoms with E-state index in [-0.39, 0.29) is 23.0 Å². The molecule has 1 atom stereocenters. The number of nitrogens with zero attached hydrogens (tertiary/aromatic N) is 1. The number of para-hydroxylation sites is 1. The summed E-state index contributed by atoms with van der Waals surface area (Å²) in [4.78, 5) is 26.9. The molecule has 5 rings (SSSR count). The van der Waals surface area contributed by atoms with Crippen LogP contribution in [0.1, 0.15) is 52.4 Å². The Kier molecular flexibility index (Phi) is 7.85. The molecular formula is C31H35N3O2S. The van der Waals surface area contributed by atoms with Gasteiger partial charge in [0.2, 0.25) is 11.8 Å². The predicted molar refractivity (Wildman–Crippen MR) is 155 cm³/mol. The van der Waals surface area contributed by atoms with Gasteiger partial charge in [0.05, 0.1) is 5.25 Å². The molecule has 0 spiro atoms. The van der Waals surface area contributed by atoms with Crippen LogP contribution in [0.3, 0.4) is 0 Å². The molecule has 5 nitrogen and oxygen atoms in total. The molecule has 4 aromatic rings. The molecule has 1 aromatic heterocycles. The lowest BCUT2D eigenvalue weighted by molar-refractivity contribution is -0.120. The minimum Gasteiger partial charge on any atom is -0.341 e. The molecule has 1 unspecified atom stereocenters. The van der Waals surface area contributed by atoms with Crippen LogP contribution in [0.5, 0.6) is 0 Å². The van der Waals surface area contributed by atoms with Crippen molar-refractivity contribution >= 4 is 56.8 Å². The van der Waals surface area contributed by atoms with Gasteiger partial charge in [-0.05, 0) is 68.7 Å². The Bertz CT molecular complexity index is 1420. The fourth-order valence-electron chi connectivity index (χ4n) is 5.44. The molecule has 0 radical (unpaired) electrons. The van der Waals surface area contributed by atoms with Gasteiger partial charge in [-0.2, -0.15) is 0 Å². The molecular weight excluding hydrogens is 478 g/mol. The molecule has 6 heteroatoms. The largest absolute Gasteiger partial charge is 0.341 e. The van der Waals surface area contributed by atoms with Crippen molar-refractivity contribution in [3.8, 4) is 0 Å². The standard InChI is InChI=1S/C31H35N3O2S/c1-3-29(37-24-14-10-13-22(19-24)32-30(35)21-11-6-5-7-12-21)31(36)33-23-17-18-28-26(20-23)25-15-8-9-16-27(25)34(28)4-2/h8-10,13-21,29H,3-7,11-12H2,1-2H3,(H,32,35)(H,33,36). The van der Waals surface area contributed by atoms with E-state index in [2.05, 4.69) is 58.5 Å². The predicted octanol–water partition coefficient (Wildman–Crippen LogP) is 7.84. The molecule has 0 aliphatic heterocycles. The van der Waals surface area contributed by atoms with Crippen LogP contribution in [0.15, 0.2) is 71.6 Å². The van der Waals surface area contributed by atoms with Gasteiger partial charge in [0.15, 0.2) is 0 Å². The first-order valence-corrected chi connectivity index (χ1v) is 14.3. The van der Waals surface area contributed by atoms with E-state index in [1.165, 1.54) is 34.6 Å². The number of benzene rings is 3. The monoisotopic (exact) mass is 513 g/mol. The van der Waals surface area contributed by atoms with Crippen LogP contribution >= 0.6 is 11.8 Å². The zero-order valence-corrected chi connectivity index (χ0v) is 22.4. The third-order valence-electron chi connectivity index (χ3n) is 7.38. The molecule has 2 N–H and O–H groups in total. The Hall–Kier alpha value is -3.25. The SMILES string of the molecule is CCC(Sc1cccc(NC(=O)C2CCCCC2)c1)C(=O)Nc1ccc2c(c1)c1ccccc1n2CC. The van der Waals surface area contributed by atoms with E-state index in [4.69, 9.17) is 0 Å². The summed E-state index contributed by atoms with van der Waals surface area (Å²) in [5.74, 6) is 0.220. The minimum absolute atomic E-state index is 0.0114. The highest BCUT2D eigenvalue weighted by Gasteiger charge is 2.22. The number of fused-ring (bicyclic) bond motifs is 3. The smallest absolute Gasteiger partial charge is 0.237 e. The zero-order valence-electron chi connectivity index (χ0n) is 21.6. The first-order chi connectivity index (χ1) is 18.1. The van der Waals surface area contributed by atoms with Gasteiger partial charge >= 0.3 is 0 Å². The first-order valence-electron chi connectivity index (χ1n) is 13.5. The van der Waals surface area contributed by atoms with Crippen LogP contribution in [-0.4, -0.2) is 21.6 Å². The number of rotatable bonds is 8.